The third-order valence-electron chi connectivity index (χ3n) is 7.32. The number of aliphatic hydroxyl groups is 2. The zero-order chi connectivity index (χ0) is 26.7. The van der Waals surface area contributed by atoms with E-state index in [2.05, 4.69) is 15.9 Å². The van der Waals surface area contributed by atoms with Crippen molar-refractivity contribution < 1.29 is 29.6 Å². The van der Waals surface area contributed by atoms with Crippen LogP contribution in [0.2, 0.25) is 0 Å². The van der Waals surface area contributed by atoms with Crippen LogP contribution in [0, 0.1) is 17.8 Å². The molecule has 4 rings (SSSR count). The fraction of sp³-hybridized carbons (Fsp3) is 0.379. The molecule has 1 fully saturated rings. The van der Waals surface area contributed by atoms with Gasteiger partial charge in [0.1, 0.15) is 18.1 Å². The second kappa shape index (κ2) is 11.6. The predicted octanol–water partition coefficient (Wildman–Crippen LogP) is 4.32. The van der Waals surface area contributed by atoms with Crippen LogP contribution >= 0.6 is 15.9 Å². The molecule has 0 bridgehead atoms. The third kappa shape index (κ3) is 5.81. The first-order valence-electron chi connectivity index (χ1n) is 12.4. The monoisotopic (exact) mass is 569 g/mol. The van der Waals surface area contributed by atoms with Crippen molar-refractivity contribution in [2.75, 3.05) is 20.3 Å². The third-order valence-corrected chi connectivity index (χ3v) is 7.81. The first-order valence-corrected chi connectivity index (χ1v) is 13.2. The van der Waals surface area contributed by atoms with Crippen molar-refractivity contribution in [1.82, 2.24) is 4.90 Å². The molecule has 0 aromatic heterocycles. The molecule has 1 aliphatic carbocycles. The number of para-hydroxylation sites is 1. The maximum absolute atomic E-state index is 12.9. The van der Waals surface area contributed by atoms with E-state index in [-0.39, 0.29) is 30.8 Å². The van der Waals surface area contributed by atoms with Gasteiger partial charge in [-0.2, -0.15) is 0 Å². The highest BCUT2D eigenvalue weighted by Crippen LogP contribution is 2.46. The molecule has 1 saturated heterocycles. The molecule has 1 aliphatic heterocycles. The van der Waals surface area contributed by atoms with E-state index in [9.17, 15) is 24.9 Å². The number of hydrogen-bond acceptors (Lipinski definition) is 6. The Bertz CT molecular complexity index is 1220. The number of hydrogen-bond donors (Lipinski definition) is 3. The molecule has 3 N–H and O–H groups in total. The van der Waals surface area contributed by atoms with Crippen LogP contribution in [0.25, 0.3) is 6.08 Å². The van der Waals surface area contributed by atoms with Crippen LogP contribution in [-0.4, -0.2) is 58.4 Å². The molecular weight excluding hydrogens is 538 g/mol. The van der Waals surface area contributed by atoms with E-state index in [0.29, 0.717) is 36.1 Å². The van der Waals surface area contributed by atoms with Crippen LogP contribution in [0.4, 0.5) is 0 Å². The number of fused-ring (bicyclic) bond motifs is 1. The number of halogens is 1. The summed E-state index contributed by atoms with van der Waals surface area (Å²) in [5.74, 6) is -1.68. The van der Waals surface area contributed by atoms with Crippen LogP contribution in [0.15, 0.2) is 69.7 Å². The first kappa shape index (κ1) is 27.1. The second-order valence-corrected chi connectivity index (χ2v) is 10.7. The average Bonchev–Trinajstić information content (AvgIpc) is 3.11. The second-order valence-electron chi connectivity index (χ2n) is 9.77. The lowest BCUT2D eigenvalue weighted by molar-refractivity contribution is -0.138. The highest BCUT2D eigenvalue weighted by Gasteiger charge is 2.53. The summed E-state index contributed by atoms with van der Waals surface area (Å²) in [6.45, 7) is 1.73. The fourth-order valence-electron chi connectivity index (χ4n) is 5.43. The van der Waals surface area contributed by atoms with E-state index in [1.54, 1.807) is 12.1 Å². The molecule has 2 aromatic carbocycles. The predicted molar refractivity (Wildman–Crippen MR) is 144 cm³/mol. The number of likely N-dealkylation sites (tertiary alicyclic amines) is 1. The molecule has 0 spiro atoms. The van der Waals surface area contributed by atoms with Crippen molar-refractivity contribution >= 4 is 33.8 Å². The van der Waals surface area contributed by atoms with E-state index < -0.39 is 23.9 Å². The average molecular weight is 570 g/mol. The zero-order valence-corrected chi connectivity index (χ0v) is 22.5. The summed E-state index contributed by atoms with van der Waals surface area (Å²) in [5, 5.41) is 31.9. The van der Waals surface area contributed by atoms with Gasteiger partial charge in [0.05, 0.1) is 24.5 Å². The van der Waals surface area contributed by atoms with E-state index in [1.165, 1.54) is 7.05 Å². The Morgan fingerprint density at radius 2 is 1.92 bits per heavy atom. The summed E-state index contributed by atoms with van der Waals surface area (Å²) in [4.78, 5) is 26.9. The maximum Gasteiger partial charge on any atom is 0.233 e. The number of imide groups is 1. The molecule has 0 unspecified atom stereocenters. The molecule has 196 valence electrons. The summed E-state index contributed by atoms with van der Waals surface area (Å²) in [7, 11) is 1.47. The lowest BCUT2D eigenvalue weighted by Crippen LogP contribution is -2.39. The van der Waals surface area contributed by atoms with Crippen molar-refractivity contribution in [1.29, 1.82) is 0 Å². The Kier molecular flexibility index (Phi) is 8.52. The Morgan fingerprint density at radius 3 is 2.62 bits per heavy atom. The van der Waals surface area contributed by atoms with Crippen molar-refractivity contribution in [2.24, 2.45) is 17.8 Å². The van der Waals surface area contributed by atoms with Gasteiger partial charge in [0.15, 0.2) is 0 Å². The van der Waals surface area contributed by atoms with E-state index >= 15 is 0 Å². The number of benzene rings is 2. The molecule has 2 amide bonds. The summed E-state index contributed by atoms with van der Waals surface area (Å²) in [6.07, 6.45) is 2.13. The SMILES string of the molecule is C/C(=C\c1cc(Br)ccc1O)CC[C@@H](O)C1=C(COc2ccccc2)C[C@H]2C(=O)N(C)C(=O)[C@H]2[C@H]1CO. The standard InChI is InChI=1S/C29H32BrNO6/c1-17(12-18-13-20(30)9-11-24(18)33)8-10-25(34)26-19(16-37-21-6-4-3-5-7-21)14-22-27(23(26)15-32)29(36)31(2)28(22)35/h3-7,9,11-13,22-23,25,27,32-34H,8,10,14-16H2,1-2H3/b17-12+/t22-,23+,25-,27-/m1/s1. The number of rotatable bonds is 9. The van der Waals surface area contributed by atoms with Gasteiger partial charge in [-0.1, -0.05) is 45.8 Å². The van der Waals surface area contributed by atoms with Crippen molar-refractivity contribution in [3.63, 3.8) is 0 Å². The number of allylic oxidation sites excluding steroid dienone is 1. The van der Waals surface area contributed by atoms with Crippen LogP contribution in [0.3, 0.4) is 0 Å². The van der Waals surface area contributed by atoms with Gasteiger partial charge in [0, 0.05) is 23.0 Å². The Labute approximate surface area is 225 Å². The number of carbonyl (C=O) groups is 2. The number of amides is 2. The van der Waals surface area contributed by atoms with E-state index in [1.807, 2.05) is 49.4 Å². The number of nitrogens with zero attached hydrogens (tertiary/aromatic N) is 1. The normalized spacial score (nSPS) is 22.9. The maximum atomic E-state index is 12.9. The minimum absolute atomic E-state index is 0.155. The molecule has 4 atom stereocenters. The van der Waals surface area contributed by atoms with Gasteiger partial charge in [0.25, 0.3) is 0 Å². The van der Waals surface area contributed by atoms with Gasteiger partial charge in [-0.3, -0.25) is 14.5 Å². The summed E-state index contributed by atoms with van der Waals surface area (Å²) in [6, 6.07) is 14.5. The Morgan fingerprint density at radius 1 is 1.19 bits per heavy atom. The minimum atomic E-state index is -0.930. The van der Waals surface area contributed by atoms with Gasteiger partial charge >= 0.3 is 0 Å². The van der Waals surface area contributed by atoms with Gasteiger partial charge in [-0.05, 0) is 67.7 Å². The number of aliphatic hydroxyl groups excluding tert-OH is 2. The quantitative estimate of drug-likeness (QED) is 0.306. The lowest BCUT2D eigenvalue weighted by Gasteiger charge is -2.36. The zero-order valence-electron chi connectivity index (χ0n) is 20.9. The van der Waals surface area contributed by atoms with Gasteiger partial charge in [-0.25, -0.2) is 0 Å². The van der Waals surface area contributed by atoms with Gasteiger partial charge in [-0.15, -0.1) is 0 Å². The molecule has 1 heterocycles. The topological polar surface area (TPSA) is 107 Å². The summed E-state index contributed by atoms with van der Waals surface area (Å²) >= 11 is 3.41. The molecule has 37 heavy (non-hydrogen) atoms. The van der Waals surface area contributed by atoms with Crippen LogP contribution in [0.5, 0.6) is 11.5 Å². The molecule has 0 radical (unpaired) electrons. The number of aromatic hydroxyl groups is 1. The Balaban J connectivity index is 1.60. The molecule has 8 heteroatoms. The van der Waals surface area contributed by atoms with E-state index in [0.717, 1.165) is 20.5 Å². The van der Waals surface area contributed by atoms with Crippen LogP contribution in [-0.2, 0) is 9.59 Å². The summed E-state index contributed by atoms with van der Waals surface area (Å²) < 4.78 is 6.83. The molecule has 0 saturated carbocycles. The molecule has 2 aromatic rings. The van der Waals surface area contributed by atoms with Crippen molar-refractivity contribution in [3.05, 3.63) is 75.3 Å². The largest absolute Gasteiger partial charge is 0.507 e. The molecule has 2 aliphatic rings. The Hall–Kier alpha value is -2.94. The lowest BCUT2D eigenvalue weighted by atomic mass is 9.68. The molecule has 7 nitrogen and oxygen atoms in total. The van der Waals surface area contributed by atoms with Crippen LogP contribution < -0.4 is 4.74 Å². The summed E-state index contributed by atoms with van der Waals surface area (Å²) in [5.41, 5.74) is 2.97. The number of ether oxygens (including phenoxy) is 1. The van der Waals surface area contributed by atoms with Crippen molar-refractivity contribution in [2.45, 2.75) is 32.3 Å². The first-order chi connectivity index (χ1) is 17.7. The highest BCUT2D eigenvalue weighted by molar-refractivity contribution is 9.10. The van der Waals surface area contributed by atoms with Crippen LogP contribution in [0.1, 0.15) is 31.7 Å². The highest BCUT2D eigenvalue weighted by atomic mass is 79.9. The number of carbonyl (C=O) groups excluding carboxylic acids is 2. The van der Waals surface area contributed by atoms with E-state index in [4.69, 9.17) is 4.74 Å². The van der Waals surface area contributed by atoms with Gasteiger partial charge in [0.2, 0.25) is 11.8 Å². The van der Waals surface area contributed by atoms with Gasteiger partial charge < -0.3 is 20.1 Å². The fourth-order valence-corrected chi connectivity index (χ4v) is 5.81. The number of phenols is 1. The molecular formula is C29H32BrNO6. The minimum Gasteiger partial charge on any atom is -0.507 e. The smallest absolute Gasteiger partial charge is 0.233 e. The van der Waals surface area contributed by atoms with Crippen molar-refractivity contribution in [3.8, 4) is 11.5 Å². The number of phenolic OH excluding ortho intramolecular Hbond substituents is 1.